The van der Waals surface area contributed by atoms with E-state index in [2.05, 4.69) is 0 Å². The maximum Gasteiger partial charge on any atom is 0.229 e. The highest BCUT2D eigenvalue weighted by atomic mass is 35.5. The summed E-state index contributed by atoms with van der Waals surface area (Å²) in [5.41, 5.74) is 1.24. The van der Waals surface area contributed by atoms with Crippen molar-refractivity contribution >= 4 is 23.2 Å². The Morgan fingerprint density at radius 1 is 1.06 bits per heavy atom. The van der Waals surface area contributed by atoms with Crippen molar-refractivity contribution in [2.75, 3.05) is 0 Å². The molecule has 16 heavy (non-hydrogen) atoms. The van der Waals surface area contributed by atoms with E-state index in [1.165, 1.54) is 6.07 Å². The molecule has 0 amide bonds. The average Bonchev–Trinajstić information content (AvgIpc) is 2.21. The second-order valence-corrected chi connectivity index (χ2v) is 4.56. The van der Waals surface area contributed by atoms with Crippen molar-refractivity contribution in [2.45, 2.75) is 13.3 Å². The highest BCUT2D eigenvalue weighted by Crippen LogP contribution is 2.27. The van der Waals surface area contributed by atoms with E-state index in [1.807, 2.05) is 6.92 Å². The Hall–Kier alpha value is -1.12. The Kier molecular flexibility index (Phi) is 2.87. The fourth-order valence-electron chi connectivity index (χ4n) is 1.59. The van der Waals surface area contributed by atoms with Crippen molar-refractivity contribution < 1.29 is 0 Å². The summed E-state index contributed by atoms with van der Waals surface area (Å²) in [4.78, 5) is 21.9. The molecule has 82 valence electrons. The Bertz CT molecular complexity index is 599. The van der Waals surface area contributed by atoms with Crippen molar-refractivity contribution in [2.24, 2.45) is 0 Å². The number of hydrogen-bond acceptors (Lipinski definition) is 2. The lowest BCUT2D eigenvalue weighted by molar-refractivity contribution is 1.12. The molecule has 0 unspecified atom stereocenters. The van der Waals surface area contributed by atoms with Gasteiger partial charge in [0, 0.05) is 22.0 Å². The Labute approximate surface area is 102 Å². The maximum absolute atomic E-state index is 11.2. The normalized spacial score (nSPS) is 10.9. The molecule has 0 aliphatic heterocycles. The molecule has 0 bridgehead atoms. The molecule has 0 aromatic heterocycles. The molecular weight excluding hydrogens is 247 g/mol. The van der Waals surface area contributed by atoms with Gasteiger partial charge in [-0.2, -0.15) is 0 Å². The van der Waals surface area contributed by atoms with Crippen molar-refractivity contribution in [3.05, 3.63) is 65.4 Å². The van der Waals surface area contributed by atoms with Gasteiger partial charge in [-0.3, -0.25) is 9.59 Å². The predicted molar refractivity (Wildman–Crippen MR) is 65.4 cm³/mol. The first kappa shape index (κ1) is 11.4. The molecular formula is C12H8Cl2O2. The van der Waals surface area contributed by atoms with Crippen molar-refractivity contribution in [1.29, 1.82) is 0 Å². The number of benzene rings is 1. The molecule has 0 heterocycles. The second-order valence-electron chi connectivity index (χ2n) is 3.75. The number of rotatable bonds is 2. The smallest absolute Gasteiger partial charge is 0.229 e. The zero-order valence-electron chi connectivity index (χ0n) is 8.51. The summed E-state index contributed by atoms with van der Waals surface area (Å²) in [7, 11) is 0. The lowest BCUT2D eigenvalue weighted by atomic mass is 10.0. The van der Waals surface area contributed by atoms with Crippen LogP contribution in [-0.2, 0) is 6.42 Å². The molecule has 0 radical (unpaired) electrons. The zero-order chi connectivity index (χ0) is 11.9. The third kappa shape index (κ3) is 1.91. The van der Waals surface area contributed by atoms with Crippen LogP contribution in [0.3, 0.4) is 0 Å². The summed E-state index contributed by atoms with van der Waals surface area (Å²) >= 11 is 12.1. The van der Waals surface area contributed by atoms with Crippen LogP contribution in [0.15, 0.2) is 27.8 Å². The fraction of sp³-hybridized carbons (Fsp3) is 0.167. The van der Waals surface area contributed by atoms with Gasteiger partial charge in [0.1, 0.15) is 0 Å². The van der Waals surface area contributed by atoms with Gasteiger partial charge >= 0.3 is 0 Å². The monoisotopic (exact) mass is 254 g/mol. The number of halogens is 2. The van der Waals surface area contributed by atoms with Gasteiger partial charge in [0.05, 0.1) is 0 Å². The van der Waals surface area contributed by atoms with E-state index in [1.54, 1.807) is 12.1 Å². The molecule has 0 saturated carbocycles. The van der Waals surface area contributed by atoms with E-state index in [-0.39, 0.29) is 0 Å². The van der Waals surface area contributed by atoms with Gasteiger partial charge in [-0.15, -0.1) is 0 Å². The molecule has 0 aliphatic carbocycles. The van der Waals surface area contributed by atoms with Crippen LogP contribution < -0.4 is 10.9 Å². The number of hydrogen-bond donors (Lipinski definition) is 0. The van der Waals surface area contributed by atoms with E-state index in [4.69, 9.17) is 23.2 Å². The quantitative estimate of drug-likeness (QED) is 0.772. The average molecular weight is 255 g/mol. The van der Waals surface area contributed by atoms with Crippen molar-refractivity contribution in [1.82, 2.24) is 0 Å². The molecule has 0 N–H and O–H groups in total. The Morgan fingerprint density at radius 3 is 2.06 bits per heavy atom. The van der Waals surface area contributed by atoms with Crippen LogP contribution in [0.4, 0.5) is 0 Å². The van der Waals surface area contributed by atoms with Crippen molar-refractivity contribution in [3.8, 4) is 0 Å². The minimum absolute atomic E-state index is 0.322. The summed E-state index contributed by atoms with van der Waals surface area (Å²) < 4.78 is 0. The van der Waals surface area contributed by atoms with Gasteiger partial charge in [0.25, 0.3) is 0 Å². The first-order valence-electron chi connectivity index (χ1n) is 4.73. The van der Waals surface area contributed by atoms with E-state index in [9.17, 15) is 9.59 Å². The molecule has 0 spiro atoms. The van der Waals surface area contributed by atoms with Crippen LogP contribution in [0.1, 0.15) is 16.7 Å². The lowest BCUT2D eigenvalue weighted by Crippen LogP contribution is -2.33. The van der Waals surface area contributed by atoms with Gasteiger partial charge in [0.15, 0.2) is 0 Å². The lowest BCUT2D eigenvalue weighted by Gasteiger charge is -2.08. The van der Waals surface area contributed by atoms with Gasteiger partial charge in [-0.1, -0.05) is 23.2 Å². The minimum Gasteiger partial charge on any atom is -0.286 e. The molecule has 2 rings (SSSR count). The van der Waals surface area contributed by atoms with Gasteiger partial charge in [-0.25, -0.2) is 0 Å². The first-order chi connectivity index (χ1) is 7.49. The van der Waals surface area contributed by atoms with Gasteiger partial charge in [0.2, 0.25) is 10.9 Å². The van der Waals surface area contributed by atoms with Gasteiger partial charge in [-0.05, 0) is 36.2 Å². The minimum atomic E-state index is -0.450. The summed E-state index contributed by atoms with van der Waals surface area (Å²) in [5, 5.41) is 1.05. The van der Waals surface area contributed by atoms with Crippen molar-refractivity contribution in [3.63, 3.8) is 0 Å². The molecule has 2 nitrogen and oxygen atoms in total. The fourth-order valence-corrected chi connectivity index (χ4v) is 2.32. The van der Waals surface area contributed by atoms with E-state index in [0.29, 0.717) is 27.6 Å². The highest BCUT2D eigenvalue weighted by Gasteiger charge is 2.14. The topological polar surface area (TPSA) is 34.1 Å². The third-order valence-corrected chi connectivity index (χ3v) is 3.15. The van der Waals surface area contributed by atoms with E-state index < -0.39 is 10.9 Å². The summed E-state index contributed by atoms with van der Waals surface area (Å²) in [5.74, 6) is 0. The predicted octanol–water partition coefficient (Wildman–Crippen LogP) is 2.49. The zero-order valence-corrected chi connectivity index (χ0v) is 10.0. The molecule has 0 fully saturated rings. The largest absolute Gasteiger partial charge is 0.286 e. The summed E-state index contributed by atoms with van der Waals surface area (Å²) in [6.07, 6.45) is 0.322. The second kappa shape index (κ2) is 4.04. The molecule has 0 atom stereocenters. The third-order valence-electron chi connectivity index (χ3n) is 2.47. The highest BCUT2D eigenvalue weighted by molar-refractivity contribution is 6.36. The summed E-state index contributed by atoms with van der Waals surface area (Å²) in [6, 6.07) is 4.90. The van der Waals surface area contributed by atoms with Gasteiger partial charge < -0.3 is 0 Å². The van der Waals surface area contributed by atoms with Crippen LogP contribution in [0.5, 0.6) is 0 Å². The van der Waals surface area contributed by atoms with Crippen LogP contribution in [0.25, 0.3) is 0 Å². The SMILES string of the molecule is Cc1cc(Cl)c(Cc2cc(=O)c2=O)c(Cl)c1. The molecule has 4 heteroatoms. The Morgan fingerprint density at radius 2 is 1.62 bits per heavy atom. The van der Waals surface area contributed by atoms with Crippen LogP contribution in [0.2, 0.25) is 10.0 Å². The standard InChI is InChI=1S/C12H8Cl2O2/c1-6-2-9(13)8(10(14)3-6)4-7-5-11(15)12(7)16/h2-3,5H,4H2,1H3. The van der Waals surface area contributed by atoms with Crippen LogP contribution in [-0.4, -0.2) is 0 Å². The molecule has 0 saturated heterocycles. The Balaban J connectivity index is 2.40. The molecule has 0 aliphatic rings. The maximum atomic E-state index is 11.2. The molecule has 2 aromatic rings. The number of aryl methyl sites for hydroxylation is 1. The first-order valence-corrected chi connectivity index (χ1v) is 5.48. The van der Waals surface area contributed by atoms with Crippen LogP contribution in [0, 0.1) is 6.92 Å². The van der Waals surface area contributed by atoms with Crippen LogP contribution >= 0.6 is 23.2 Å². The van der Waals surface area contributed by atoms with E-state index >= 15 is 0 Å². The summed E-state index contributed by atoms with van der Waals surface area (Å²) in [6.45, 7) is 1.89. The van der Waals surface area contributed by atoms with E-state index in [0.717, 1.165) is 5.56 Å². The molecule has 2 aromatic carbocycles.